The number of rotatable bonds is 3. The lowest BCUT2D eigenvalue weighted by Crippen LogP contribution is -2.32. The third-order valence-corrected chi connectivity index (χ3v) is 3.82. The molecule has 1 heterocycles. The Morgan fingerprint density at radius 2 is 1.89 bits per heavy atom. The molecule has 4 nitrogen and oxygen atoms in total. The van der Waals surface area contributed by atoms with Crippen molar-refractivity contribution < 1.29 is 14.2 Å². The SMILES string of the molecule is COc1ccc(C2CNC(C)C(C)CO2)cc1OC. The van der Waals surface area contributed by atoms with Gasteiger partial charge in [-0.25, -0.2) is 0 Å². The monoisotopic (exact) mass is 265 g/mol. The second kappa shape index (κ2) is 6.26. The highest BCUT2D eigenvalue weighted by molar-refractivity contribution is 5.43. The van der Waals surface area contributed by atoms with Crippen LogP contribution in [-0.4, -0.2) is 33.4 Å². The highest BCUT2D eigenvalue weighted by atomic mass is 16.5. The second-order valence-electron chi connectivity index (χ2n) is 5.11. The van der Waals surface area contributed by atoms with Crippen LogP contribution in [0, 0.1) is 5.92 Å². The molecule has 106 valence electrons. The predicted octanol–water partition coefficient (Wildman–Crippen LogP) is 2.39. The summed E-state index contributed by atoms with van der Waals surface area (Å²) in [5, 5.41) is 3.51. The molecule has 19 heavy (non-hydrogen) atoms. The third kappa shape index (κ3) is 3.19. The summed E-state index contributed by atoms with van der Waals surface area (Å²) in [5.74, 6) is 2.01. The van der Waals surface area contributed by atoms with Gasteiger partial charge in [0.1, 0.15) is 0 Å². The summed E-state index contributed by atoms with van der Waals surface area (Å²) in [6.45, 7) is 5.99. The molecule has 1 aliphatic heterocycles. The zero-order valence-corrected chi connectivity index (χ0v) is 12.1. The van der Waals surface area contributed by atoms with Gasteiger partial charge in [0.05, 0.1) is 26.9 Å². The smallest absolute Gasteiger partial charge is 0.161 e. The van der Waals surface area contributed by atoms with Gasteiger partial charge in [0.15, 0.2) is 11.5 Å². The molecule has 2 rings (SSSR count). The number of hydrogen-bond acceptors (Lipinski definition) is 4. The summed E-state index contributed by atoms with van der Waals surface area (Å²) >= 11 is 0. The van der Waals surface area contributed by atoms with E-state index in [0.717, 1.165) is 30.2 Å². The summed E-state index contributed by atoms with van der Waals surface area (Å²) in [7, 11) is 3.29. The Kier molecular flexibility index (Phi) is 4.66. The standard InChI is InChI=1S/C15H23NO3/c1-10-9-19-15(8-16-11(10)2)12-5-6-13(17-3)14(7-12)18-4/h5-7,10-11,15-16H,8-9H2,1-4H3. The molecule has 1 aromatic rings. The Balaban J connectivity index is 2.17. The van der Waals surface area contributed by atoms with Gasteiger partial charge in [-0.2, -0.15) is 0 Å². The van der Waals surface area contributed by atoms with Crippen molar-refractivity contribution in [3.8, 4) is 11.5 Å². The fraction of sp³-hybridized carbons (Fsp3) is 0.600. The second-order valence-corrected chi connectivity index (χ2v) is 5.11. The van der Waals surface area contributed by atoms with E-state index in [0.29, 0.717) is 12.0 Å². The minimum absolute atomic E-state index is 0.0622. The van der Waals surface area contributed by atoms with Gasteiger partial charge < -0.3 is 19.5 Å². The minimum Gasteiger partial charge on any atom is -0.493 e. The van der Waals surface area contributed by atoms with Gasteiger partial charge in [-0.15, -0.1) is 0 Å². The Bertz CT molecular complexity index is 410. The largest absolute Gasteiger partial charge is 0.493 e. The fourth-order valence-corrected chi connectivity index (χ4v) is 2.23. The molecule has 0 radical (unpaired) electrons. The first-order valence-electron chi connectivity index (χ1n) is 6.72. The number of methoxy groups -OCH3 is 2. The van der Waals surface area contributed by atoms with Crippen molar-refractivity contribution in [1.29, 1.82) is 0 Å². The normalized spacial score (nSPS) is 27.7. The maximum Gasteiger partial charge on any atom is 0.161 e. The molecule has 1 aromatic carbocycles. The fourth-order valence-electron chi connectivity index (χ4n) is 2.23. The molecule has 0 amide bonds. The predicted molar refractivity (Wildman–Crippen MR) is 74.9 cm³/mol. The van der Waals surface area contributed by atoms with Crippen LogP contribution >= 0.6 is 0 Å². The lowest BCUT2D eigenvalue weighted by atomic mass is 10.1. The Morgan fingerprint density at radius 1 is 1.16 bits per heavy atom. The van der Waals surface area contributed by atoms with Crippen LogP contribution in [0.15, 0.2) is 18.2 Å². The van der Waals surface area contributed by atoms with E-state index in [4.69, 9.17) is 14.2 Å². The summed E-state index contributed by atoms with van der Waals surface area (Å²) in [5.41, 5.74) is 1.12. The first-order valence-corrected chi connectivity index (χ1v) is 6.72. The van der Waals surface area contributed by atoms with Crippen LogP contribution < -0.4 is 14.8 Å². The molecule has 0 aromatic heterocycles. The number of hydrogen-bond donors (Lipinski definition) is 1. The highest BCUT2D eigenvalue weighted by Gasteiger charge is 2.23. The minimum atomic E-state index is 0.0622. The average Bonchev–Trinajstić information content (AvgIpc) is 2.61. The summed E-state index contributed by atoms with van der Waals surface area (Å²) in [6.07, 6.45) is 0.0622. The van der Waals surface area contributed by atoms with E-state index >= 15 is 0 Å². The van der Waals surface area contributed by atoms with Crippen LogP contribution in [-0.2, 0) is 4.74 Å². The third-order valence-electron chi connectivity index (χ3n) is 3.82. The van der Waals surface area contributed by atoms with Crippen molar-refractivity contribution in [1.82, 2.24) is 5.32 Å². The first-order chi connectivity index (χ1) is 9.15. The van der Waals surface area contributed by atoms with E-state index in [1.807, 2.05) is 18.2 Å². The number of ether oxygens (including phenoxy) is 3. The summed E-state index contributed by atoms with van der Waals surface area (Å²) in [6, 6.07) is 6.43. The zero-order chi connectivity index (χ0) is 13.8. The van der Waals surface area contributed by atoms with E-state index in [1.165, 1.54) is 0 Å². The molecule has 3 unspecified atom stereocenters. The highest BCUT2D eigenvalue weighted by Crippen LogP contribution is 2.31. The van der Waals surface area contributed by atoms with Crippen molar-refractivity contribution >= 4 is 0 Å². The quantitative estimate of drug-likeness (QED) is 0.911. The molecular weight excluding hydrogens is 242 g/mol. The van der Waals surface area contributed by atoms with E-state index in [9.17, 15) is 0 Å². The zero-order valence-electron chi connectivity index (χ0n) is 12.1. The van der Waals surface area contributed by atoms with Crippen LogP contribution in [0.2, 0.25) is 0 Å². The van der Waals surface area contributed by atoms with Crippen molar-refractivity contribution in [2.75, 3.05) is 27.4 Å². The van der Waals surface area contributed by atoms with Gasteiger partial charge in [0.2, 0.25) is 0 Å². The van der Waals surface area contributed by atoms with Crippen molar-refractivity contribution in [2.24, 2.45) is 5.92 Å². The molecule has 1 aliphatic rings. The van der Waals surface area contributed by atoms with Crippen LogP contribution in [0.3, 0.4) is 0 Å². The molecule has 1 fully saturated rings. The van der Waals surface area contributed by atoms with Gasteiger partial charge in [-0.05, 0) is 30.5 Å². The summed E-state index contributed by atoms with van der Waals surface area (Å²) < 4.78 is 16.6. The molecule has 1 N–H and O–H groups in total. The van der Waals surface area contributed by atoms with E-state index < -0.39 is 0 Å². The van der Waals surface area contributed by atoms with Crippen LogP contribution in [0.1, 0.15) is 25.5 Å². The van der Waals surface area contributed by atoms with Gasteiger partial charge >= 0.3 is 0 Å². The average molecular weight is 265 g/mol. The molecular formula is C15H23NO3. The maximum atomic E-state index is 5.99. The van der Waals surface area contributed by atoms with E-state index in [-0.39, 0.29) is 6.10 Å². The molecule has 0 spiro atoms. The molecule has 0 aliphatic carbocycles. The molecule has 4 heteroatoms. The molecule has 0 saturated carbocycles. The van der Waals surface area contributed by atoms with Crippen molar-refractivity contribution in [2.45, 2.75) is 26.0 Å². The van der Waals surface area contributed by atoms with Crippen molar-refractivity contribution in [3.63, 3.8) is 0 Å². The number of benzene rings is 1. The molecule has 0 bridgehead atoms. The van der Waals surface area contributed by atoms with Crippen molar-refractivity contribution in [3.05, 3.63) is 23.8 Å². The lowest BCUT2D eigenvalue weighted by Gasteiger charge is -2.17. The molecule has 3 atom stereocenters. The topological polar surface area (TPSA) is 39.7 Å². The first kappa shape index (κ1) is 14.2. The molecule has 1 saturated heterocycles. The number of nitrogens with one attached hydrogen (secondary N) is 1. The van der Waals surface area contributed by atoms with Crippen LogP contribution in [0.4, 0.5) is 0 Å². The summed E-state index contributed by atoms with van der Waals surface area (Å²) in [4.78, 5) is 0. The Hall–Kier alpha value is -1.26. The van der Waals surface area contributed by atoms with Crippen LogP contribution in [0.25, 0.3) is 0 Å². The van der Waals surface area contributed by atoms with Gasteiger partial charge in [0.25, 0.3) is 0 Å². The van der Waals surface area contributed by atoms with E-state index in [1.54, 1.807) is 14.2 Å². The van der Waals surface area contributed by atoms with Gasteiger partial charge in [-0.3, -0.25) is 0 Å². The maximum absolute atomic E-state index is 5.99. The Morgan fingerprint density at radius 3 is 2.58 bits per heavy atom. The van der Waals surface area contributed by atoms with E-state index in [2.05, 4.69) is 19.2 Å². The lowest BCUT2D eigenvalue weighted by molar-refractivity contribution is 0.0495. The van der Waals surface area contributed by atoms with Gasteiger partial charge in [0, 0.05) is 12.6 Å². The van der Waals surface area contributed by atoms with Gasteiger partial charge in [-0.1, -0.05) is 13.0 Å². The Labute approximate surface area is 115 Å². The van der Waals surface area contributed by atoms with Crippen LogP contribution in [0.5, 0.6) is 11.5 Å².